The zero-order valence-corrected chi connectivity index (χ0v) is 10.5. The average molecular weight is 241 g/mol. The van der Waals surface area contributed by atoms with Gasteiger partial charge in [-0.2, -0.15) is 0 Å². The van der Waals surface area contributed by atoms with Gasteiger partial charge in [0.25, 0.3) is 0 Å². The molecule has 1 aliphatic rings. The maximum absolute atomic E-state index is 9.20. The number of nitrogens with one attached hydrogen (secondary N) is 2. The molecule has 0 aromatic heterocycles. The van der Waals surface area contributed by atoms with Crippen LogP contribution in [-0.4, -0.2) is 17.4 Å². The molecule has 18 heavy (non-hydrogen) atoms. The fourth-order valence-corrected chi connectivity index (χ4v) is 2.62. The molecule has 3 heteroatoms. The minimum atomic E-state index is -0.330. The number of hydrogen-bond donors (Lipinski definition) is 3. The lowest BCUT2D eigenvalue weighted by Gasteiger charge is -2.25. The van der Waals surface area contributed by atoms with Gasteiger partial charge in [-0.05, 0) is 17.5 Å². The quantitative estimate of drug-likeness (QED) is 0.662. The van der Waals surface area contributed by atoms with Crippen molar-refractivity contribution in [2.45, 2.75) is 19.0 Å². The molecule has 0 saturated heterocycles. The van der Waals surface area contributed by atoms with E-state index in [4.69, 9.17) is 0 Å². The first kappa shape index (κ1) is 11.2. The maximum Gasteiger partial charge on any atom is 0.233 e. The zero-order chi connectivity index (χ0) is 12.8. The van der Waals surface area contributed by atoms with E-state index in [0.29, 0.717) is 6.42 Å². The van der Waals surface area contributed by atoms with Crippen molar-refractivity contribution in [3.05, 3.63) is 40.9 Å². The highest BCUT2D eigenvalue weighted by Crippen LogP contribution is 2.22. The number of aliphatic hydroxyl groups excluding tert-OH is 1. The van der Waals surface area contributed by atoms with Gasteiger partial charge in [0, 0.05) is 12.1 Å². The molecule has 0 saturated carbocycles. The molecular weight excluding hydrogens is 224 g/mol. The van der Waals surface area contributed by atoms with E-state index in [2.05, 4.69) is 42.0 Å². The van der Waals surface area contributed by atoms with Crippen LogP contribution in [0.15, 0.2) is 30.3 Å². The normalized spacial score (nSPS) is 21.4. The van der Waals surface area contributed by atoms with Crippen LogP contribution < -0.4 is 20.9 Å². The summed E-state index contributed by atoms with van der Waals surface area (Å²) in [6, 6.07) is 10.3. The summed E-state index contributed by atoms with van der Waals surface area (Å²) in [4.78, 5) is 3.47. The first-order valence-electron chi connectivity index (χ1n) is 6.18. The minimum Gasteiger partial charge on any atom is -0.396 e. The highest BCUT2D eigenvalue weighted by atomic mass is 16.3. The summed E-state index contributed by atoms with van der Waals surface area (Å²) in [6.45, 7) is 6.28. The largest absolute Gasteiger partial charge is 0.396 e. The molecule has 1 aliphatic heterocycles. The number of anilines is 1. The maximum atomic E-state index is 9.20. The van der Waals surface area contributed by atoms with Crippen molar-refractivity contribution >= 4 is 23.0 Å². The summed E-state index contributed by atoms with van der Waals surface area (Å²) >= 11 is 0. The third-order valence-corrected chi connectivity index (χ3v) is 3.56. The van der Waals surface area contributed by atoms with Gasteiger partial charge in [-0.25, -0.2) is 4.99 Å². The van der Waals surface area contributed by atoms with Gasteiger partial charge in [0.2, 0.25) is 11.0 Å². The Bertz CT molecular complexity index is 723. The molecule has 1 atom stereocenters. The number of rotatable bonds is 2. The van der Waals surface area contributed by atoms with Gasteiger partial charge >= 0.3 is 0 Å². The molecular formula is C15H17N2O+. The number of aliphatic hydroxyl groups is 1. The summed E-state index contributed by atoms with van der Waals surface area (Å²) in [5, 5.41) is 17.1. The van der Waals surface area contributed by atoms with Gasteiger partial charge in [0.1, 0.15) is 0 Å². The molecule has 1 heterocycles. The van der Waals surface area contributed by atoms with E-state index in [1.165, 1.54) is 10.8 Å². The summed E-state index contributed by atoms with van der Waals surface area (Å²) in [5.41, 5.74) is 0.770. The number of benzene rings is 2. The molecule has 0 aliphatic carbocycles. The molecule has 3 rings (SSSR count). The van der Waals surface area contributed by atoms with Gasteiger partial charge < -0.3 is 10.4 Å². The van der Waals surface area contributed by atoms with E-state index in [1.54, 1.807) is 0 Å². The van der Waals surface area contributed by atoms with Gasteiger partial charge in [0.15, 0.2) is 0 Å². The van der Waals surface area contributed by atoms with E-state index >= 15 is 0 Å². The van der Waals surface area contributed by atoms with Crippen molar-refractivity contribution in [3.63, 3.8) is 0 Å². The van der Waals surface area contributed by atoms with Crippen molar-refractivity contribution in [1.29, 1.82) is 0 Å². The van der Waals surface area contributed by atoms with Crippen LogP contribution in [0.2, 0.25) is 0 Å². The van der Waals surface area contributed by atoms with Crippen LogP contribution in [0.5, 0.6) is 0 Å². The Kier molecular flexibility index (Phi) is 2.38. The Morgan fingerprint density at radius 1 is 1.33 bits per heavy atom. The van der Waals surface area contributed by atoms with E-state index in [9.17, 15) is 5.11 Å². The van der Waals surface area contributed by atoms with Crippen LogP contribution in [0.25, 0.3) is 17.4 Å². The Morgan fingerprint density at radius 2 is 2.17 bits per heavy atom. The SMILES string of the molecule is C=c1ccc2cccc3c2c1=[NH+]C(C)(CCO)N3. The summed E-state index contributed by atoms with van der Waals surface area (Å²) in [6.07, 6.45) is 0.636. The van der Waals surface area contributed by atoms with Gasteiger partial charge in [-0.1, -0.05) is 24.8 Å². The lowest BCUT2D eigenvalue weighted by molar-refractivity contribution is -0.580. The van der Waals surface area contributed by atoms with Crippen molar-refractivity contribution in [2.24, 2.45) is 0 Å². The first-order valence-corrected chi connectivity index (χ1v) is 6.18. The smallest absolute Gasteiger partial charge is 0.233 e. The number of hydrogen-bond acceptors (Lipinski definition) is 2. The molecule has 2 aromatic carbocycles. The summed E-state index contributed by atoms with van der Waals surface area (Å²) in [7, 11) is 0. The van der Waals surface area contributed by atoms with Gasteiger partial charge in [-0.3, -0.25) is 0 Å². The average Bonchev–Trinajstić information content (AvgIpc) is 2.33. The second-order valence-electron chi connectivity index (χ2n) is 5.06. The van der Waals surface area contributed by atoms with E-state index < -0.39 is 0 Å². The zero-order valence-electron chi connectivity index (χ0n) is 10.5. The fourth-order valence-electron chi connectivity index (χ4n) is 2.62. The predicted molar refractivity (Wildman–Crippen MR) is 72.5 cm³/mol. The molecule has 92 valence electrons. The highest BCUT2D eigenvalue weighted by molar-refractivity contribution is 5.93. The molecule has 1 unspecified atom stereocenters. The van der Waals surface area contributed by atoms with Crippen LogP contribution in [-0.2, 0) is 0 Å². The lowest BCUT2D eigenvalue weighted by Crippen LogP contribution is -2.94. The predicted octanol–water partition coefficient (Wildman–Crippen LogP) is -0.526. The molecule has 0 fully saturated rings. The monoisotopic (exact) mass is 241 g/mol. The molecule has 0 bridgehead atoms. The van der Waals surface area contributed by atoms with Crippen molar-refractivity contribution in [1.82, 2.24) is 0 Å². The van der Waals surface area contributed by atoms with Gasteiger partial charge in [-0.15, -0.1) is 0 Å². The Hall–Kier alpha value is -1.87. The molecule has 0 spiro atoms. The second kappa shape index (κ2) is 3.82. The standard InChI is InChI=1S/C15H16N2O/c1-10-6-7-11-4-3-5-12-13(11)14(10)17-15(2,16-12)8-9-18/h3-7,16,18H,1,8-9H2,2H3/p+1. The van der Waals surface area contributed by atoms with Crippen LogP contribution in [0.1, 0.15) is 13.3 Å². The van der Waals surface area contributed by atoms with E-state index in [-0.39, 0.29) is 12.3 Å². The summed E-state index contributed by atoms with van der Waals surface area (Å²) < 4.78 is 0. The third kappa shape index (κ3) is 1.59. The van der Waals surface area contributed by atoms with E-state index in [1.807, 2.05) is 12.1 Å². The summed E-state index contributed by atoms with van der Waals surface area (Å²) in [5.74, 6) is 0. The van der Waals surface area contributed by atoms with Crippen LogP contribution in [0.4, 0.5) is 5.69 Å². The van der Waals surface area contributed by atoms with Crippen molar-refractivity contribution in [2.75, 3.05) is 11.9 Å². The van der Waals surface area contributed by atoms with Crippen molar-refractivity contribution in [3.8, 4) is 0 Å². The molecule has 0 radical (unpaired) electrons. The molecule has 0 amide bonds. The van der Waals surface area contributed by atoms with Crippen molar-refractivity contribution < 1.29 is 10.1 Å². The Morgan fingerprint density at radius 3 is 2.94 bits per heavy atom. The van der Waals surface area contributed by atoms with Crippen LogP contribution in [0.3, 0.4) is 0 Å². The molecule has 3 N–H and O–H groups in total. The molecule has 2 aromatic rings. The Labute approximate surface area is 105 Å². The van der Waals surface area contributed by atoms with Gasteiger partial charge in [0.05, 0.1) is 24.1 Å². The highest BCUT2D eigenvalue weighted by Gasteiger charge is 2.32. The molecule has 3 nitrogen and oxygen atoms in total. The third-order valence-electron chi connectivity index (χ3n) is 3.56. The topological polar surface area (TPSA) is 46.2 Å². The second-order valence-corrected chi connectivity index (χ2v) is 5.06. The van der Waals surface area contributed by atoms with E-state index in [0.717, 1.165) is 16.3 Å². The first-order chi connectivity index (χ1) is 8.63. The minimum absolute atomic E-state index is 0.140. The lowest BCUT2D eigenvalue weighted by atomic mass is 10.0. The fraction of sp³-hybridized carbons (Fsp3) is 0.267. The Balaban J connectivity index is 2.41. The van der Waals surface area contributed by atoms with Crippen LogP contribution >= 0.6 is 0 Å². The van der Waals surface area contributed by atoms with Crippen LogP contribution in [0, 0.1) is 0 Å².